The van der Waals surface area contributed by atoms with Crippen LogP contribution in [0.4, 0.5) is 5.13 Å². The van der Waals surface area contributed by atoms with Crippen molar-refractivity contribution in [3.8, 4) is 6.07 Å². The first-order chi connectivity index (χ1) is 12.7. The van der Waals surface area contributed by atoms with Crippen LogP contribution >= 0.6 is 11.3 Å². The second-order valence-electron chi connectivity index (χ2n) is 5.62. The molecule has 0 spiro atoms. The monoisotopic (exact) mass is 359 g/mol. The predicted molar refractivity (Wildman–Crippen MR) is 99.9 cm³/mol. The topological polar surface area (TPSA) is 85.7 Å². The number of fused-ring (bicyclic) bond motifs is 1. The Hall–Kier alpha value is -3.50. The zero-order valence-corrected chi connectivity index (χ0v) is 14.4. The number of aromatic amines is 1. The van der Waals surface area contributed by atoms with Gasteiger partial charge in [0, 0.05) is 11.8 Å². The molecule has 0 bridgehead atoms. The van der Waals surface area contributed by atoms with Crippen LogP contribution in [0, 0.1) is 11.3 Å². The van der Waals surface area contributed by atoms with Gasteiger partial charge in [0.15, 0.2) is 5.13 Å². The molecule has 0 aliphatic heterocycles. The summed E-state index contributed by atoms with van der Waals surface area (Å²) in [7, 11) is 0. The molecule has 0 atom stereocenters. The summed E-state index contributed by atoms with van der Waals surface area (Å²) in [5.41, 5.74) is 2.69. The van der Waals surface area contributed by atoms with Crippen molar-refractivity contribution in [1.82, 2.24) is 15.0 Å². The number of nitriles is 1. The highest BCUT2D eigenvalue weighted by molar-refractivity contribution is 7.22. The maximum absolute atomic E-state index is 13.1. The van der Waals surface area contributed by atoms with Crippen molar-refractivity contribution in [2.45, 2.75) is 6.54 Å². The second-order valence-corrected chi connectivity index (χ2v) is 6.63. The highest BCUT2D eigenvalue weighted by atomic mass is 32.1. The second kappa shape index (κ2) is 6.78. The molecule has 2 heterocycles. The largest absolute Gasteiger partial charge is 0.347 e. The van der Waals surface area contributed by atoms with Crippen LogP contribution in [0.25, 0.3) is 10.2 Å². The quantitative estimate of drug-likeness (QED) is 0.601. The van der Waals surface area contributed by atoms with Crippen molar-refractivity contribution in [1.29, 1.82) is 5.26 Å². The molecule has 6 nitrogen and oxygen atoms in total. The number of hydrogen-bond acceptors (Lipinski definition) is 5. The van der Waals surface area contributed by atoms with Gasteiger partial charge in [-0.2, -0.15) is 5.26 Å². The van der Waals surface area contributed by atoms with E-state index in [1.807, 2.05) is 24.3 Å². The average molecular weight is 359 g/mol. The number of H-pyrrole nitrogens is 1. The van der Waals surface area contributed by atoms with Crippen LogP contribution in [0.15, 0.2) is 61.1 Å². The van der Waals surface area contributed by atoms with Crippen LogP contribution in [0.3, 0.4) is 0 Å². The number of imidazole rings is 1. The summed E-state index contributed by atoms with van der Waals surface area (Å²) in [5, 5.41) is 9.56. The normalized spacial score (nSPS) is 10.6. The summed E-state index contributed by atoms with van der Waals surface area (Å²) in [6.07, 6.45) is 3.27. The van der Waals surface area contributed by atoms with Gasteiger partial charge in [-0.1, -0.05) is 23.5 Å². The van der Waals surface area contributed by atoms with Gasteiger partial charge in [0.25, 0.3) is 5.91 Å². The van der Waals surface area contributed by atoms with Gasteiger partial charge in [-0.3, -0.25) is 9.69 Å². The van der Waals surface area contributed by atoms with Gasteiger partial charge >= 0.3 is 0 Å². The molecule has 0 aliphatic rings. The highest BCUT2D eigenvalue weighted by Gasteiger charge is 2.22. The van der Waals surface area contributed by atoms with E-state index in [4.69, 9.17) is 5.26 Å². The van der Waals surface area contributed by atoms with Crippen molar-refractivity contribution < 1.29 is 4.79 Å². The van der Waals surface area contributed by atoms with E-state index in [2.05, 4.69) is 21.0 Å². The summed E-state index contributed by atoms with van der Waals surface area (Å²) in [6, 6.07) is 16.4. The molecule has 0 unspecified atom stereocenters. The molecule has 0 radical (unpaired) electrons. The third kappa shape index (κ3) is 3.06. The molecule has 0 fully saturated rings. The molecule has 0 saturated carbocycles. The number of carbonyl (C=O) groups is 1. The number of carbonyl (C=O) groups excluding carboxylic acids is 1. The van der Waals surface area contributed by atoms with Crippen LogP contribution in [0.1, 0.15) is 21.6 Å². The van der Waals surface area contributed by atoms with Gasteiger partial charge in [-0.05, 0) is 36.4 Å². The van der Waals surface area contributed by atoms with Crippen LogP contribution in [-0.2, 0) is 6.54 Å². The third-order valence-corrected chi connectivity index (χ3v) is 4.96. The molecule has 1 N–H and O–H groups in total. The Labute approximate surface area is 153 Å². The molecule has 26 heavy (non-hydrogen) atoms. The summed E-state index contributed by atoms with van der Waals surface area (Å²) >= 11 is 1.47. The van der Waals surface area contributed by atoms with E-state index in [0.717, 1.165) is 15.9 Å². The molecule has 7 heteroatoms. The molecule has 1 amide bonds. The first-order valence-corrected chi connectivity index (χ1v) is 8.71. The molecule has 126 valence electrons. The first-order valence-electron chi connectivity index (χ1n) is 7.89. The first kappa shape index (κ1) is 16.0. The summed E-state index contributed by atoms with van der Waals surface area (Å²) in [6.45, 7) is 0.332. The Morgan fingerprint density at radius 3 is 2.69 bits per heavy atom. The summed E-state index contributed by atoms with van der Waals surface area (Å²) < 4.78 is 1.02. The number of amides is 1. The highest BCUT2D eigenvalue weighted by Crippen LogP contribution is 2.30. The number of rotatable bonds is 4. The van der Waals surface area contributed by atoms with Crippen LogP contribution in [0.5, 0.6) is 0 Å². The molecule has 0 saturated heterocycles. The molecule has 4 rings (SSSR count). The standard InChI is InChI=1S/C19H13N5OS/c20-9-13-5-7-14(8-6-13)18(25)24(11-15-10-21-12-22-15)19-23-16-3-1-2-4-17(16)26-19/h1-8,10,12H,11H2,(H,21,22). The van der Waals surface area contributed by atoms with Gasteiger partial charge < -0.3 is 4.98 Å². The number of hydrogen-bond donors (Lipinski definition) is 1. The fourth-order valence-corrected chi connectivity index (χ4v) is 3.55. The fraction of sp³-hybridized carbons (Fsp3) is 0.0526. The van der Waals surface area contributed by atoms with Crippen LogP contribution in [-0.4, -0.2) is 20.9 Å². The molecular weight excluding hydrogens is 346 g/mol. The molecule has 0 aliphatic carbocycles. The van der Waals surface area contributed by atoms with Crippen molar-refractivity contribution in [3.63, 3.8) is 0 Å². The van der Waals surface area contributed by atoms with Gasteiger partial charge in [0.2, 0.25) is 0 Å². The van der Waals surface area contributed by atoms with Gasteiger partial charge in [0.1, 0.15) is 0 Å². The Balaban J connectivity index is 1.74. The number of nitrogens with zero attached hydrogens (tertiary/aromatic N) is 4. The van der Waals surface area contributed by atoms with Gasteiger partial charge in [-0.15, -0.1) is 0 Å². The molecular formula is C19H13N5OS. The van der Waals surface area contributed by atoms with E-state index < -0.39 is 0 Å². The third-order valence-electron chi connectivity index (χ3n) is 3.90. The Morgan fingerprint density at radius 1 is 1.19 bits per heavy atom. The minimum Gasteiger partial charge on any atom is -0.347 e. The zero-order valence-electron chi connectivity index (χ0n) is 13.6. The van der Waals surface area contributed by atoms with E-state index in [1.54, 1.807) is 41.7 Å². The summed E-state index contributed by atoms with van der Waals surface area (Å²) in [5.74, 6) is -0.178. The smallest absolute Gasteiger partial charge is 0.260 e. The Morgan fingerprint density at radius 2 is 2.00 bits per heavy atom. The number of anilines is 1. The van der Waals surface area contributed by atoms with E-state index in [1.165, 1.54) is 11.3 Å². The number of para-hydroxylation sites is 1. The molecule has 4 aromatic rings. The fourth-order valence-electron chi connectivity index (χ4n) is 2.59. The Bertz CT molecular complexity index is 1060. The minimum atomic E-state index is -0.178. The van der Waals surface area contributed by atoms with E-state index in [-0.39, 0.29) is 5.91 Å². The van der Waals surface area contributed by atoms with E-state index in [0.29, 0.717) is 22.8 Å². The lowest BCUT2D eigenvalue weighted by Crippen LogP contribution is -2.30. The van der Waals surface area contributed by atoms with Gasteiger partial charge in [-0.25, -0.2) is 9.97 Å². The maximum Gasteiger partial charge on any atom is 0.260 e. The van der Waals surface area contributed by atoms with Crippen LogP contribution in [0.2, 0.25) is 0 Å². The van der Waals surface area contributed by atoms with E-state index in [9.17, 15) is 4.79 Å². The average Bonchev–Trinajstić information content (AvgIpc) is 3.34. The van der Waals surface area contributed by atoms with Crippen molar-refractivity contribution in [3.05, 3.63) is 77.9 Å². The predicted octanol–water partition coefficient (Wildman–Crippen LogP) is 3.74. The lowest BCUT2D eigenvalue weighted by Gasteiger charge is -2.19. The minimum absolute atomic E-state index is 0.178. The lowest BCUT2D eigenvalue weighted by molar-refractivity contribution is 0.0985. The lowest BCUT2D eigenvalue weighted by atomic mass is 10.1. The number of thiazole rings is 1. The van der Waals surface area contributed by atoms with Crippen LogP contribution < -0.4 is 4.90 Å². The maximum atomic E-state index is 13.1. The number of benzene rings is 2. The Kier molecular flexibility index (Phi) is 4.17. The SMILES string of the molecule is N#Cc1ccc(C(=O)N(Cc2cnc[nH]2)c2nc3ccccc3s2)cc1. The van der Waals surface area contributed by atoms with Crippen molar-refractivity contribution in [2.75, 3.05) is 4.90 Å². The van der Waals surface area contributed by atoms with E-state index >= 15 is 0 Å². The zero-order chi connectivity index (χ0) is 17.9. The number of aromatic nitrogens is 3. The van der Waals surface area contributed by atoms with Crippen molar-refractivity contribution in [2.24, 2.45) is 0 Å². The molecule has 2 aromatic heterocycles. The van der Waals surface area contributed by atoms with Crippen molar-refractivity contribution >= 4 is 32.6 Å². The summed E-state index contributed by atoms with van der Waals surface area (Å²) in [4.78, 5) is 26.4. The molecule has 2 aromatic carbocycles. The number of nitrogens with one attached hydrogen (secondary N) is 1. The van der Waals surface area contributed by atoms with Gasteiger partial charge in [0.05, 0.1) is 40.4 Å².